The first kappa shape index (κ1) is 12.9. The van der Waals surface area contributed by atoms with E-state index >= 15 is 0 Å². The van der Waals surface area contributed by atoms with Gasteiger partial charge >= 0.3 is 0 Å². The fraction of sp³-hybridized carbons (Fsp3) is 0.375. The molecule has 1 fully saturated rings. The molecule has 0 radical (unpaired) electrons. The van der Waals surface area contributed by atoms with Crippen molar-refractivity contribution in [2.75, 3.05) is 18.0 Å². The third-order valence-electron chi connectivity index (χ3n) is 4.07. The molecule has 0 aliphatic carbocycles. The Morgan fingerprint density at radius 3 is 2.35 bits per heavy atom. The summed E-state index contributed by atoms with van der Waals surface area (Å²) in [6.45, 7) is 4.10. The lowest BCUT2D eigenvalue weighted by molar-refractivity contribution is 0.398. The summed E-state index contributed by atoms with van der Waals surface area (Å²) in [5.74, 6) is 0.920. The van der Waals surface area contributed by atoms with Crippen LogP contribution in [0.3, 0.4) is 0 Å². The van der Waals surface area contributed by atoms with Gasteiger partial charge in [-0.25, -0.2) is 4.57 Å². The second-order valence-electron chi connectivity index (χ2n) is 5.55. The molecule has 4 heteroatoms. The standard InChI is InChI=1S/C16H20N2O2/c1-12-7-9-17(10-8-12)14-11-15(19)18(16(14)20)13-5-3-2-4-6-13/h2-6,11-12,19-20H,7-10H2,1H3. The smallest absolute Gasteiger partial charge is 0.223 e. The molecule has 0 bridgehead atoms. The van der Waals surface area contributed by atoms with Crippen LogP contribution in [0.15, 0.2) is 36.4 Å². The summed E-state index contributed by atoms with van der Waals surface area (Å²) >= 11 is 0. The lowest BCUT2D eigenvalue weighted by atomic mass is 9.99. The van der Waals surface area contributed by atoms with Crippen LogP contribution in [0.4, 0.5) is 5.69 Å². The normalized spacial score (nSPS) is 16.6. The molecule has 4 nitrogen and oxygen atoms in total. The summed E-state index contributed by atoms with van der Waals surface area (Å²) in [5.41, 5.74) is 1.48. The molecular formula is C16H20N2O2. The van der Waals surface area contributed by atoms with Crippen molar-refractivity contribution in [2.45, 2.75) is 19.8 Å². The van der Waals surface area contributed by atoms with Crippen molar-refractivity contribution >= 4 is 5.69 Å². The first-order valence-corrected chi connectivity index (χ1v) is 7.11. The summed E-state index contributed by atoms with van der Waals surface area (Å²) in [4.78, 5) is 2.15. The molecule has 1 saturated heterocycles. The summed E-state index contributed by atoms with van der Waals surface area (Å²) in [6, 6.07) is 11.1. The highest BCUT2D eigenvalue weighted by atomic mass is 16.3. The van der Waals surface area contributed by atoms with Crippen LogP contribution in [0.25, 0.3) is 5.69 Å². The molecule has 1 aliphatic rings. The van der Waals surface area contributed by atoms with Crippen molar-refractivity contribution in [3.63, 3.8) is 0 Å². The SMILES string of the molecule is CC1CCN(c2cc(O)n(-c3ccccc3)c2O)CC1. The van der Waals surface area contributed by atoms with Crippen molar-refractivity contribution in [1.29, 1.82) is 0 Å². The van der Waals surface area contributed by atoms with Crippen LogP contribution in [-0.4, -0.2) is 27.9 Å². The number of rotatable bonds is 2. The lowest BCUT2D eigenvalue weighted by Gasteiger charge is -2.31. The molecule has 20 heavy (non-hydrogen) atoms. The fourth-order valence-electron chi connectivity index (χ4n) is 2.79. The molecule has 0 spiro atoms. The predicted molar refractivity (Wildman–Crippen MR) is 79.7 cm³/mol. The Bertz CT molecular complexity index is 584. The highest BCUT2D eigenvalue weighted by Crippen LogP contribution is 2.39. The van der Waals surface area contributed by atoms with Crippen LogP contribution in [-0.2, 0) is 0 Å². The number of aromatic hydroxyl groups is 2. The van der Waals surface area contributed by atoms with Crippen LogP contribution in [0, 0.1) is 5.92 Å². The zero-order valence-corrected chi connectivity index (χ0v) is 11.7. The van der Waals surface area contributed by atoms with Gasteiger partial charge in [-0.3, -0.25) is 0 Å². The predicted octanol–water partition coefficient (Wildman–Crippen LogP) is 3.12. The summed E-state index contributed by atoms with van der Waals surface area (Å²) in [7, 11) is 0. The van der Waals surface area contributed by atoms with E-state index in [1.807, 2.05) is 30.3 Å². The second-order valence-corrected chi connectivity index (χ2v) is 5.55. The lowest BCUT2D eigenvalue weighted by Crippen LogP contribution is -2.32. The Kier molecular flexibility index (Phi) is 3.30. The Labute approximate surface area is 118 Å². The fourth-order valence-corrected chi connectivity index (χ4v) is 2.79. The molecule has 0 saturated carbocycles. The minimum atomic E-state index is 0.0716. The highest BCUT2D eigenvalue weighted by Gasteiger charge is 2.23. The number of benzene rings is 1. The zero-order valence-electron chi connectivity index (χ0n) is 11.7. The molecule has 2 aromatic rings. The Morgan fingerprint density at radius 1 is 1.05 bits per heavy atom. The minimum Gasteiger partial charge on any atom is -0.494 e. The van der Waals surface area contributed by atoms with Gasteiger partial charge in [-0.15, -0.1) is 0 Å². The first-order chi connectivity index (χ1) is 9.66. The molecule has 1 aromatic heterocycles. The van der Waals surface area contributed by atoms with Crippen molar-refractivity contribution in [3.8, 4) is 17.4 Å². The van der Waals surface area contributed by atoms with E-state index < -0.39 is 0 Å². The van der Waals surface area contributed by atoms with Gasteiger partial charge in [0.1, 0.15) is 5.69 Å². The Morgan fingerprint density at radius 2 is 1.70 bits per heavy atom. The van der Waals surface area contributed by atoms with E-state index in [1.165, 1.54) is 4.57 Å². The van der Waals surface area contributed by atoms with Gasteiger partial charge in [0.15, 0.2) is 0 Å². The number of anilines is 1. The topological polar surface area (TPSA) is 48.6 Å². The monoisotopic (exact) mass is 272 g/mol. The maximum atomic E-state index is 10.4. The van der Waals surface area contributed by atoms with Crippen LogP contribution in [0.5, 0.6) is 11.8 Å². The van der Waals surface area contributed by atoms with Gasteiger partial charge < -0.3 is 15.1 Å². The number of aromatic nitrogens is 1. The number of hydrogen-bond acceptors (Lipinski definition) is 3. The van der Waals surface area contributed by atoms with Gasteiger partial charge in [0.05, 0.1) is 5.69 Å². The molecule has 0 atom stereocenters. The number of hydrogen-bond donors (Lipinski definition) is 2. The van der Waals surface area contributed by atoms with E-state index in [-0.39, 0.29) is 11.8 Å². The summed E-state index contributed by atoms with van der Waals surface area (Å²) < 4.78 is 1.48. The molecule has 0 amide bonds. The summed E-state index contributed by atoms with van der Waals surface area (Å²) in [5, 5.41) is 20.6. The van der Waals surface area contributed by atoms with Gasteiger partial charge in [0, 0.05) is 19.2 Å². The van der Waals surface area contributed by atoms with Crippen molar-refractivity contribution in [2.24, 2.45) is 5.92 Å². The highest BCUT2D eigenvalue weighted by molar-refractivity contribution is 5.63. The quantitative estimate of drug-likeness (QED) is 0.883. The average Bonchev–Trinajstić information content (AvgIpc) is 2.76. The number of para-hydroxylation sites is 1. The maximum absolute atomic E-state index is 10.4. The Balaban J connectivity index is 1.95. The molecule has 1 aromatic carbocycles. The maximum Gasteiger partial charge on any atom is 0.223 e. The molecule has 0 unspecified atom stereocenters. The molecular weight excluding hydrogens is 252 g/mol. The molecule has 2 heterocycles. The molecule has 3 rings (SSSR count). The van der Waals surface area contributed by atoms with E-state index in [9.17, 15) is 10.2 Å². The third kappa shape index (κ3) is 2.22. The van der Waals surface area contributed by atoms with E-state index in [0.29, 0.717) is 0 Å². The van der Waals surface area contributed by atoms with E-state index in [1.54, 1.807) is 6.07 Å². The van der Waals surface area contributed by atoms with Gasteiger partial charge in [0.25, 0.3) is 0 Å². The molecule has 106 valence electrons. The van der Waals surface area contributed by atoms with Crippen molar-refractivity contribution < 1.29 is 10.2 Å². The van der Waals surface area contributed by atoms with Gasteiger partial charge in [-0.05, 0) is 30.9 Å². The summed E-state index contributed by atoms with van der Waals surface area (Å²) in [6.07, 6.45) is 2.24. The number of nitrogens with zero attached hydrogens (tertiary/aromatic N) is 2. The minimum absolute atomic E-state index is 0.0716. The van der Waals surface area contributed by atoms with E-state index in [2.05, 4.69) is 11.8 Å². The largest absolute Gasteiger partial charge is 0.494 e. The van der Waals surface area contributed by atoms with Gasteiger partial charge in [-0.1, -0.05) is 25.1 Å². The van der Waals surface area contributed by atoms with E-state index in [4.69, 9.17) is 0 Å². The second kappa shape index (κ2) is 5.12. The van der Waals surface area contributed by atoms with Crippen LogP contribution in [0.1, 0.15) is 19.8 Å². The Hall–Kier alpha value is -2.10. The van der Waals surface area contributed by atoms with Gasteiger partial charge in [-0.2, -0.15) is 0 Å². The molecule has 2 N–H and O–H groups in total. The van der Waals surface area contributed by atoms with Crippen molar-refractivity contribution in [3.05, 3.63) is 36.4 Å². The zero-order chi connectivity index (χ0) is 14.1. The van der Waals surface area contributed by atoms with Gasteiger partial charge in [0.2, 0.25) is 11.8 Å². The molecule has 1 aliphatic heterocycles. The van der Waals surface area contributed by atoms with E-state index in [0.717, 1.165) is 43.2 Å². The third-order valence-corrected chi connectivity index (χ3v) is 4.07. The number of piperidine rings is 1. The first-order valence-electron chi connectivity index (χ1n) is 7.11. The van der Waals surface area contributed by atoms with Crippen LogP contribution < -0.4 is 4.90 Å². The van der Waals surface area contributed by atoms with Crippen LogP contribution >= 0.6 is 0 Å². The van der Waals surface area contributed by atoms with Crippen LogP contribution in [0.2, 0.25) is 0 Å². The average molecular weight is 272 g/mol. The van der Waals surface area contributed by atoms with Crippen molar-refractivity contribution in [1.82, 2.24) is 4.57 Å².